The number of aromatic hydroxyl groups is 1. The van der Waals surface area contributed by atoms with Gasteiger partial charge >= 0.3 is 0 Å². The quantitative estimate of drug-likeness (QED) is 0.730. The maximum absolute atomic E-state index is 9.35. The van der Waals surface area contributed by atoms with Crippen LogP contribution in [0, 0.1) is 0 Å². The Morgan fingerprint density at radius 1 is 0.812 bits per heavy atom. The van der Waals surface area contributed by atoms with E-state index in [9.17, 15) is 5.11 Å². The van der Waals surface area contributed by atoms with Crippen LogP contribution < -0.4 is 5.30 Å². The van der Waals surface area contributed by atoms with Crippen molar-refractivity contribution in [2.45, 2.75) is 51.9 Å². The van der Waals surface area contributed by atoms with Gasteiger partial charge in [-0.15, -0.1) is 0 Å². The summed E-state index contributed by atoms with van der Waals surface area (Å²) in [5.74, 6) is 0.349. The molecule has 0 aliphatic heterocycles. The predicted molar refractivity (Wildman–Crippen MR) is 74.2 cm³/mol. The summed E-state index contributed by atoms with van der Waals surface area (Å²) >= 11 is 0. The zero-order valence-corrected chi connectivity index (χ0v) is 12.1. The molecule has 0 amide bonds. The number of rotatable bonds is 1. The van der Waals surface area contributed by atoms with E-state index in [2.05, 4.69) is 53.7 Å². The van der Waals surface area contributed by atoms with E-state index in [1.165, 1.54) is 5.30 Å². The fraction of sp³-hybridized carbons (Fsp3) is 0.571. The molecule has 2 heteroatoms. The topological polar surface area (TPSA) is 20.2 Å². The number of phenolic OH excluding ortho intramolecular Hbond substituents is 1. The molecule has 0 saturated heterocycles. The zero-order valence-electron chi connectivity index (χ0n) is 11.2. The Labute approximate surface area is 101 Å². The number of phenols is 1. The fourth-order valence-corrected chi connectivity index (χ4v) is 6.39. The average molecular weight is 238 g/mol. The van der Waals surface area contributed by atoms with E-state index in [-0.39, 0.29) is 18.2 Å². The highest BCUT2D eigenvalue weighted by Gasteiger charge is 2.35. The largest absolute Gasteiger partial charge is 0.508 e. The lowest BCUT2D eigenvalue weighted by Crippen LogP contribution is -2.30. The van der Waals surface area contributed by atoms with Gasteiger partial charge in [-0.2, -0.15) is 0 Å². The van der Waals surface area contributed by atoms with Crippen LogP contribution in [-0.4, -0.2) is 15.4 Å². The third-order valence-electron chi connectivity index (χ3n) is 2.45. The van der Waals surface area contributed by atoms with Crippen molar-refractivity contribution in [1.82, 2.24) is 0 Å². The molecule has 16 heavy (non-hydrogen) atoms. The van der Waals surface area contributed by atoms with Crippen molar-refractivity contribution >= 4 is 13.2 Å². The van der Waals surface area contributed by atoms with Gasteiger partial charge in [0, 0.05) is 0 Å². The maximum Gasteiger partial charge on any atom is 0.115 e. The Morgan fingerprint density at radius 3 is 1.50 bits per heavy atom. The molecule has 0 heterocycles. The van der Waals surface area contributed by atoms with E-state index in [4.69, 9.17) is 0 Å². The predicted octanol–water partition coefficient (Wildman–Crippen LogP) is 4.10. The molecule has 0 atom stereocenters. The van der Waals surface area contributed by atoms with Gasteiger partial charge in [0.2, 0.25) is 0 Å². The lowest BCUT2D eigenvalue weighted by Gasteiger charge is -2.41. The van der Waals surface area contributed by atoms with Crippen molar-refractivity contribution in [3.05, 3.63) is 24.3 Å². The monoisotopic (exact) mass is 238 g/mol. The molecule has 0 spiro atoms. The van der Waals surface area contributed by atoms with E-state index >= 15 is 0 Å². The number of hydrogen-bond acceptors (Lipinski definition) is 1. The minimum atomic E-state index is -0.261. The van der Waals surface area contributed by atoms with E-state index < -0.39 is 0 Å². The van der Waals surface area contributed by atoms with E-state index in [1.54, 1.807) is 12.1 Å². The van der Waals surface area contributed by atoms with Gasteiger partial charge in [-0.3, -0.25) is 0 Å². The molecule has 0 aromatic heterocycles. The van der Waals surface area contributed by atoms with E-state index in [0.717, 1.165) is 0 Å². The minimum Gasteiger partial charge on any atom is -0.508 e. The molecule has 0 saturated carbocycles. The van der Waals surface area contributed by atoms with Crippen molar-refractivity contribution in [3.8, 4) is 5.75 Å². The Morgan fingerprint density at radius 2 is 1.19 bits per heavy atom. The lowest BCUT2D eigenvalue weighted by molar-refractivity contribution is 0.475. The van der Waals surface area contributed by atoms with E-state index in [0.29, 0.717) is 5.75 Å². The normalized spacial score (nSPS) is 13.2. The van der Waals surface area contributed by atoms with Gasteiger partial charge in [-0.1, -0.05) is 61.6 Å². The molecule has 1 aromatic carbocycles. The molecule has 1 rings (SSSR count). The molecule has 0 bridgehead atoms. The second-order valence-corrected chi connectivity index (χ2v) is 10.1. The van der Waals surface area contributed by atoms with Crippen LogP contribution in [0.4, 0.5) is 0 Å². The highest BCUT2D eigenvalue weighted by molar-refractivity contribution is 7.68. The van der Waals surface area contributed by atoms with Crippen molar-refractivity contribution in [2.75, 3.05) is 0 Å². The van der Waals surface area contributed by atoms with Crippen molar-refractivity contribution in [1.29, 1.82) is 0 Å². The van der Waals surface area contributed by atoms with Gasteiger partial charge in [0.1, 0.15) is 5.75 Å². The minimum absolute atomic E-state index is 0.261. The second-order valence-electron chi connectivity index (χ2n) is 6.19. The summed E-state index contributed by atoms with van der Waals surface area (Å²) in [4.78, 5) is 0. The third kappa shape index (κ3) is 3.22. The average Bonchev–Trinajstić information content (AvgIpc) is 2.03. The van der Waals surface area contributed by atoms with Crippen LogP contribution in [0.25, 0.3) is 0 Å². The number of benzene rings is 1. The van der Waals surface area contributed by atoms with Gasteiger partial charge in [-0.05, 0) is 27.7 Å². The summed E-state index contributed by atoms with van der Waals surface area (Å²) in [6.45, 7) is 13.8. The molecule has 0 aliphatic rings. The highest BCUT2D eigenvalue weighted by atomic mass is 31.1. The van der Waals surface area contributed by atoms with Crippen molar-refractivity contribution < 1.29 is 5.11 Å². The summed E-state index contributed by atoms with van der Waals surface area (Å²) in [7, 11) is -0.261. The molecule has 0 aliphatic carbocycles. The van der Waals surface area contributed by atoms with Gasteiger partial charge in [0.15, 0.2) is 0 Å². The first-order chi connectivity index (χ1) is 7.12. The van der Waals surface area contributed by atoms with Crippen LogP contribution in [0.5, 0.6) is 5.75 Å². The Bertz CT molecular complexity index is 326. The van der Waals surface area contributed by atoms with Gasteiger partial charge < -0.3 is 5.11 Å². The molecular formula is C14H23OP. The molecule has 1 N–H and O–H groups in total. The van der Waals surface area contributed by atoms with Gasteiger partial charge in [-0.25, -0.2) is 0 Å². The van der Waals surface area contributed by atoms with Crippen molar-refractivity contribution in [3.63, 3.8) is 0 Å². The maximum atomic E-state index is 9.35. The lowest BCUT2D eigenvalue weighted by atomic mass is 10.2. The number of hydrogen-bond donors (Lipinski definition) is 1. The molecule has 90 valence electrons. The molecular weight excluding hydrogens is 215 g/mol. The first-order valence-corrected chi connectivity index (χ1v) is 7.06. The Hall–Kier alpha value is -0.550. The summed E-state index contributed by atoms with van der Waals surface area (Å²) in [5.41, 5.74) is 0. The van der Waals surface area contributed by atoms with Crippen LogP contribution in [0.1, 0.15) is 41.5 Å². The standard InChI is InChI=1S/C14H23OP/c1-13(2,3)16(14(4,5)6)12-9-7-11(15)8-10-12/h7-10,15H,1-6H3. The molecule has 1 nitrogen and oxygen atoms in total. The first-order valence-electron chi connectivity index (χ1n) is 5.72. The summed E-state index contributed by atoms with van der Waals surface area (Å²) < 4.78 is 0. The second kappa shape index (κ2) is 4.37. The summed E-state index contributed by atoms with van der Waals surface area (Å²) in [6, 6.07) is 7.72. The van der Waals surface area contributed by atoms with Gasteiger partial charge in [0.25, 0.3) is 0 Å². The van der Waals surface area contributed by atoms with Crippen LogP contribution in [0.2, 0.25) is 0 Å². The van der Waals surface area contributed by atoms with Crippen LogP contribution >= 0.6 is 7.92 Å². The fourth-order valence-electron chi connectivity index (χ4n) is 2.38. The molecule has 0 fully saturated rings. The third-order valence-corrected chi connectivity index (χ3v) is 5.95. The zero-order chi connectivity index (χ0) is 12.6. The smallest absolute Gasteiger partial charge is 0.115 e. The molecule has 0 radical (unpaired) electrons. The van der Waals surface area contributed by atoms with Crippen LogP contribution in [0.15, 0.2) is 24.3 Å². The first kappa shape index (κ1) is 13.5. The molecule has 1 aromatic rings. The molecule has 0 unspecified atom stereocenters. The van der Waals surface area contributed by atoms with Gasteiger partial charge in [0.05, 0.1) is 0 Å². The van der Waals surface area contributed by atoms with Crippen LogP contribution in [0.3, 0.4) is 0 Å². The summed E-state index contributed by atoms with van der Waals surface area (Å²) in [5, 5.41) is 11.3. The Kier molecular flexibility index (Phi) is 3.69. The van der Waals surface area contributed by atoms with E-state index in [1.807, 2.05) is 0 Å². The SMILES string of the molecule is CC(C)(C)P(c1ccc(O)cc1)C(C)(C)C. The summed E-state index contributed by atoms with van der Waals surface area (Å²) in [6.07, 6.45) is 0. The Balaban J connectivity index is 3.18. The van der Waals surface area contributed by atoms with Crippen LogP contribution in [-0.2, 0) is 0 Å². The van der Waals surface area contributed by atoms with Crippen molar-refractivity contribution in [2.24, 2.45) is 0 Å². The highest BCUT2D eigenvalue weighted by Crippen LogP contribution is 2.58.